The van der Waals surface area contributed by atoms with E-state index in [0.717, 1.165) is 19.2 Å². The second-order valence-electron chi connectivity index (χ2n) is 3.32. The number of hydrogen-bond acceptors (Lipinski definition) is 2. The molecule has 0 saturated carbocycles. The Labute approximate surface area is 117 Å². The average Bonchev–Trinajstić information content (AvgIpc) is 2.73. The Hall–Kier alpha value is -1.08. The Morgan fingerprint density at radius 3 is 2.47 bits per heavy atom. The van der Waals surface area contributed by atoms with Gasteiger partial charge in [-0.3, -0.25) is 0 Å². The molecule has 84 valence electrons. The largest absolute Gasteiger partial charge is 0.192 e. The summed E-state index contributed by atoms with van der Waals surface area (Å²) in [6, 6.07) is 13.6. The van der Waals surface area contributed by atoms with Crippen molar-refractivity contribution >= 4 is 50.5 Å². The van der Waals surface area contributed by atoms with E-state index in [0.29, 0.717) is 5.57 Å². The van der Waals surface area contributed by atoms with Crippen molar-refractivity contribution in [1.82, 2.24) is 0 Å². The van der Waals surface area contributed by atoms with Crippen molar-refractivity contribution < 1.29 is 0 Å². The molecule has 0 aliphatic heterocycles. The third-order valence-corrected chi connectivity index (χ3v) is 3.86. The maximum absolute atomic E-state index is 9.16. The van der Waals surface area contributed by atoms with E-state index in [1.807, 2.05) is 42.5 Å². The van der Waals surface area contributed by atoms with Gasteiger partial charge in [-0.1, -0.05) is 39.7 Å². The highest BCUT2D eigenvalue weighted by Crippen LogP contribution is 2.26. The highest BCUT2D eigenvalue weighted by atomic mass is 79.9. The fourth-order valence-electron chi connectivity index (χ4n) is 1.36. The van der Waals surface area contributed by atoms with Crippen molar-refractivity contribution in [2.24, 2.45) is 0 Å². The van der Waals surface area contributed by atoms with E-state index >= 15 is 0 Å². The van der Waals surface area contributed by atoms with Gasteiger partial charge in [0.1, 0.15) is 0 Å². The average molecular weight is 325 g/mol. The molecule has 1 heterocycles. The van der Waals surface area contributed by atoms with Crippen LogP contribution in [0.3, 0.4) is 0 Å². The molecule has 0 saturated heterocycles. The van der Waals surface area contributed by atoms with Crippen LogP contribution < -0.4 is 0 Å². The Bertz CT molecular complexity index is 593. The molecule has 0 unspecified atom stereocenters. The van der Waals surface area contributed by atoms with Crippen molar-refractivity contribution in [1.29, 1.82) is 5.26 Å². The van der Waals surface area contributed by atoms with E-state index in [-0.39, 0.29) is 0 Å². The van der Waals surface area contributed by atoms with E-state index in [1.165, 1.54) is 11.3 Å². The van der Waals surface area contributed by atoms with E-state index in [1.54, 1.807) is 0 Å². The number of benzene rings is 1. The van der Waals surface area contributed by atoms with Gasteiger partial charge in [0.15, 0.2) is 0 Å². The molecule has 2 aromatic rings. The third kappa shape index (κ3) is 3.19. The lowest BCUT2D eigenvalue weighted by molar-refractivity contribution is 1.52. The van der Waals surface area contributed by atoms with Gasteiger partial charge >= 0.3 is 0 Å². The summed E-state index contributed by atoms with van der Waals surface area (Å²) in [7, 11) is 0. The Morgan fingerprint density at radius 2 is 1.94 bits per heavy atom. The molecule has 0 spiro atoms. The van der Waals surface area contributed by atoms with E-state index < -0.39 is 0 Å². The Kier molecular flexibility index (Phi) is 4.01. The van der Waals surface area contributed by atoms with Crippen LogP contribution in [0.25, 0.3) is 11.6 Å². The molecule has 0 aliphatic rings. The van der Waals surface area contributed by atoms with Crippen molar-refractivity contribution in [3.05, 3.63) is 55.6 Å². The monoisotopic (exact) mass is 323 g/mol. The first-order valence-electron chi connectivity index (χ1n) is 4.82. The quantitative estimate of drug-likeness (QED) is 0.694. The zero-order valence-corrected chi connectivity index (χ0v) is 11.8. The molecule has 0 atom stereocenters. The van der Waals surface area contributed by atoms with Gasteiger partial charge in [0.25, 0.3) is 0 Å². The summed E-state index contributed by atoms with van der Waals surface area (Å²) in [5.41, 5.74) is 1.54. The summed E-state index contributed by atoms with van der Waals surface area (Å²) in [4.78, 5) is 0.981. The van der Waals surface area contributed by atoms with Gasteiger partial charge in [0.2, 0.25) is 0 Å². The van der Waals surface area contributed by atoms with Crippen LogP contribution in [-0.4, -0.2) is 0 Å². The van der Waals surface area contributed by atoms with Crippen LogP contribution in [0.4, 0.5) is 0 Å². The van der Waals surface area contributed by atoms with Crippen LogP contribution in [0, 0.1) is 11.3 Å². The van der Waals surface area contributed by atoms with E-state index in [4.69, 9.17) is 16.9 Å². The van der Waals surface area contributed by atoms with Crippen LogP contribution in [0.1, 0.15) is 10.4 Å². The highest BCUT2D eigenvalue weighted by molar-refractivity contribution is 9.10. The van der Waals surface area contributed by atoms with Crippen molar-refractivity contribution in [3.8, 4) is 6.07 Å². The number of thiophene rings is 1. The Balaban J connectivity index is 2.37. The summed E-state index contributed by atoms with van der Waals surface area (Å²) in [5, 5.41) is 9.16. The third-order valence-electron chi connectivity index (χ3n) is 2.16. The van der Waals surface area contributed by atoms with Crippen molar-refractivity contribution in [3.63, 3.8) is 0 Å². The number of rotatable bonds is 2. The molecule has 0 N–H and O–H groups in total. The first-order valence-corrected chi connectivity index (χ1v) is 6.81. The molecule has 0 bridgehead atoms. The maximum Gasteiger partial charge on any atom is 0.0998 e. The normalized spacial score (nSPS) is 11.2. The lowest BCUT2D eigenvalue weighted by Gasteiger charge is -1.98. The summed E-state index contributed by atoms with van der Waals surface area (Å²) in [6.45, 7) is 0. The molecule has 1 aromatic heterocycles. The van der Waals surface area contributed by atoms with Crippen LogP contribution in [-0.2, 0) is 0 Å². The van der Waals surface area contributed by atoms with Gasteiger partial charge in [-0.2, -0.15) is 5.26 Å². The van der Waals surface area contributed by atoms with Gasteiger partial charge in [0.05, 0.1) is 16.0 Å². The van der Waals surface area contributed by atoms with E-state index in [2.05, 4.69) is 22.0 Å². The summed E-state index contributed by atoms with van der Waals surface area (Å²) >= 11 is 10.7. The number of halogens is 2. The van der Waals surface area contributed by atoms with Gasteiger partial charge in [-0.05, 0) is 35.9 Å². The molecule has 1 aromatic carbocycles. The number of nitrogens with zero attached hydrogens (tertiary/aromatic N) is 1. The number of allylic oxidation sites excluding steroid dienone is 1. The summed E-state index contributed by atoms with van der Waals surface area (Å²) in [6.07, 6.45) is 1.85. The zero-order chi connectivity index (χ0) is 12.3. The predicted octanol–water partition coefficient (Wildman–Crippen LogP) is 5.23. The molecule has 0 amide bonds. The Morgan fingerprint density at radius 1 is 1.24 bits per heavy atom. The van der Waals surface area contributed by atoms with Crippen LogP contribution in [0.15, 0.2) is 40.9 Å². The predicted molar refractivity (Wildman–Crippen MR) is 77.0 cm³/mol. The van der Waals surface area contributed by atoms with Crippen molar-refractivity contribution in [2.75, 3.05) is 0 Å². The lowest BCUT2D eigenvalue weighted by Crippen LogP contribution is -1.80. The minimum absolute atomic E-state index is 0.635. The van der Waals surface area contributed by atoms with Gasteiger partial charge < -0.3 is 0 Å². The summed E-state index contributed by atoms with van der Waals surface area (Å²) < 4.78 is 1.72. The fourth-order valence-corrected chi connectivity index (χ4v) is 2.63. The molecule has 0 aliphatic carbocycles. The molecular weight excluding hydrogens is 318 g/mol. The first-order chi connectivity index (χ1) is 8.19. The summed E-state index contributed by atoms with van der Waals surface area (Å²) in [5.74, 6) is 0. The number of nitriles is 1. The second kappa shape index (κ2) is 5.50. The van der Waals surface area contributed by atoms with E-state index in [9.17, 15) is 0 Å². The molecule has 0 fully saturated rings. The molecule has 2 rings (SSSR count). The van der Waals surface area contributed by atoms with Gasteiger partial charge in [-0.25, -0.2) is 0 Å². The minimum atomic E-state index is 0.635. The molecule has 17 heavy (non-hydrogen) atoms. The SMILES string of the molecule is N#C/C(=C\c1ccc(Cl)s1)c1ccc(Br)cc1. The highest BCUT2D eigenvalue weighted by Gasteiger charge is 2.02. The van der Waals surface area contributed by atoms with Crippen molar-refractivity contribution in [2.45, 2.75) is 0 Å². The van der Waals surface area contributed by atoms with Crippen LogP contribution in [0.2, 0.25) is 4.34 Å². The second-order valence-corrected chi connectivity index (χ2v) is 5.98. The fraction of sp³-hybridized carbons (Fsp3) is 0. The smallest absolute Gasteiger partial charge is 0.0998 e. The van der Waals surface area contributed by atoms with Gasteiger partial charge in [0, 0.05) is 9.35 Å². The molecular formula is C13H7BrClNS. The first kappa shape index (κ1) is 12.4. The minimum Gasteiger partial charge on any atom is -0.192 e. The van der Waals surface area contributed by atoms with Gasteiger partial charge in [-0.15, -0.1) is 11.3 Å². The van der Waals surface area contributed by atoms with Crippen LogP contribution in [0.5, 0.6) is 0 Å². The topological polar surface area (TPSA) is 23.8 Å². The maximum atomic E-state index is 9.16. The lowest BCUT2D eigenvalue weighted by atomic mass is 10.1. The number of hydrogen-bond donors (Lipinski definition) is 0. The molecule has 4 heteroatoms. The molecule has 0 radical (unpaired) electrons. The zero-order valence-electron chi connectivity index (χ0n) is 8.65. The molecule has 1 nitrogen and oxygen atoms in total. The standard InChI is InChI=1S/C13H7BrClNS/c14-11-3-1-9(2-4-11)10(8-16)7-12-5-6-13(15)17-12/h1-7H/b10-7+. The van der Waals surface area contributed by atoms with Crippen LogP contribution >= 0.6 is 38.9 Å².